The van der Waals surface area contributed by atoms with Crippen molar-refractivity contribution >= 4 is 35.5 Å². The summed E-state index contributed by atoms with van der Waals surface area (Å²) in [5, 5.41) is 8.60. The second-order valence-electron chi connectivity index (χ2n) is 4.92. The van der Waals surface area contributed by atoms with Crippen LogP contribution < -0.4 is 5.73 Å². The van der Waals surface area contributed by atoms with E-state index in [0.29, 0.717) is 6.42 Å². The number of unbranched alkanes of at least 4 members (excludes halogenated alkanes) is 9. The van der Waals surface area contributed by atoms with Crippen LogP contribution in [0.2, 0.25) is 0 Å². The molecule has 0 fully saturated rings. The maximum atomic E-state index is 10.5. The smallest absolute Gasteiger partial charge is 0.320 e. The van der Waals surface area contributed by atoms with Gasteiger partial charge in [0.25, 0.3) is 0 Å². The molecule has 0 aromatic heterocycles. The van der Waals surface area contributed by atoms with Crippen molar-refractivity contribution in [1.29, 1.82) is 0 Å². The molecule has 0 saturated heterocycles. The molecule has 103 valence electrons. The third-order valence-electron chi connectivity index (χ3n) is 3.19. The zero-order valence-corrected chi connectivity index (χ0v) is 14.3. The van der Waals surface area contributed by atoms with Gasteiger partial charge in [0.15, 0.2) is 0 Å². The second-order valence-corrected chi connectivity index (χ2v) is 4.92. The Labute approximate surface area is 134 Å². The van der Waals surface area contributed by atoms with E-state index in [4.69, 9.17) is 10.8 Å². The van der Waals surface area contributed by atoms with Gasteiger partial charge in [0.1, 0.15) is 6.04 Å². The molecule has 1 radical (unpaired) electrons. The monoisotopic (exact) mass is 266 g/mol. The van der Waals surface area contributed by atoms with Crippen LogP contribution in [0.4, 0.5) is 0 Å². The largest absolute Gasteiger partial charge is 0.480 e. The molecular formula is C14H29NNaO2. The average molecular weight is 266 g/mol. The SMILES string of the molecule is CCCCCCCCCCCCC(N)C(=O)O.[Na]. The number of hydrogen-bond donors (Lipinski definition) is 2. The summed E-state index contributed by atoms with van der Waals surface area (Å²) < 4.78 is 0. The molecule has 0 aliphatic rings. The van der Waals surface area contributed by atoms with Gasteiger partial charge in [0.2, 0.25) is 0 Å². The molecular weight excluding hydrogens is 237 g/mol. The first-order valence-electron chi connectivity index (χ1n) is 7.17. The number of nitrogens with two attached hydrogens (primary N) is 1. The van der Waals surface area contributed by atoms with E-state index in [1.807, 2.05) is 0 Å². The molecule has 0 aliphatic heterocycles. The molecule has 3 nitrogen and oxygen atoms in total. The molecule has 0 heterocycles. The summed E-state index contributed by atoms with van der Waals surface area (Å²) in [6.45, 7) is 2.24. The van der Waals surface area contributed by atoms with E-state index in [1.165, 1.54) is 51.4 Å². The Balaban J connectivity index is 0. The standard InChI is InChI=1S/C14H29NO2.Na/c1-2-3-4-5-6-7-8-9-10-11-12-13(15)14(16)17;/h13H,2-12,15H2,1H3,(H,16,17);. The predicted octanol–water partition coefficient (Wildman–Crippen LogP) is 3.33. The summed E-state index contributed by atoms with van der Waals surface area (Å²) in [6.07, 6.45) is 13.3. The van der Waals surface area contributed by atoms with E-state index >= 15 is 0 Å². The van der Waals surface area contributed by atoms with Gasteiger partial charge in [-0.05, 0) is 6.42 Å². The Morgan fingerprint density at radius 3 is 1.72 bits per heavy atom. The van der Waals surface area contributed by atoms with Gasteiger partial charge in [0.05, 0.1) is 0 Å². The first kappa shape index (κ1) is 20.7. The summed E-state index contributed by atoms with van der Waals surface area (Å²) in [5.74, 6) is -0.874. The molecule has 3 N–H and O–H groups in total. The Morgan fingerprint density at radius 1 is 0.944 bits per heavy atom. The minimum atomic E-state index is -0.874. The molecule has 0 rings (SSSR count). The first-order chi connectivity index (χ1) is 8.18. The van der Waals surface area contributed by atoms with Crippen molar-refractivity contribution in [1.82, 2.24) is 0 Å². The Bertz CT molecular complexity index is 189. The molecule has 1 atom stereocenters. The number of rotatable bonds is 12. The van der Waals surface area contributed by atoms with Gasteiger partial charge in [-0.15, -0.1) is 0 Å². The maximum Gasteiger partial charge on any atom is 0.320 e. The van der Waals surface area contributed by atoms with E-state index < -0.39 is 12.0 Å². The third-order valence-corrected chi connectivity index (χ3v) is 3.19. The molecule has 0 amide bonds. The predicted molar refractivity (Wildman–Crippen MR) is 77.8 cm³/mol. The van der Waals surface area contributed by atoms with Crippen LogP contribution in [0.3, 0.4) is 0 Å². The van der Waals surface area contributed by atoms with Crippen molar-refractivity contribution in [3.05, 3.63) is 0 Å². The Morgan fingerprint density at radius 2 is 1.33 bits per heavy atom. The molecule has 0 aliphatic carbocycles. The van der Waals surface area contributed by atoms with Crippen molar-refractivity contribution in [3.8, 4) is 0 Å². The molecule has 18 heavy (non-hydrogen) atoms. The third kappa shape index (κ3) is 14.5. The average Bonchev–Trinajstić information content (AvgIpc) is 2.31. The van der Waals surface area contributed by atoms with Crippen LogP contribution in [-0.2, 0) is 4.79 Å². The fourth-order valence-corrected chi connectivity index (χ4v) is 1.98. The normalized spacial score (nSPS) is 11.9. The van der Waals surface area contributed by atoms with Gasteiger partial charge in [-0.1, -0.05) is 71.1 Å². The molecule has 1 unspecified atom stereocenters. The summed E-state index contributed by atoms with van der Waals surface area (Å²) in [5.41, 5.74) is 5.43. The summed E-state index contributed by atoms with van der Waals surface area (Å²) >= 11 is 0. The van der Waals surface area contributed by atoms with Crippen LogP contribution in [0.25, 0.3) is 0 Å². The van der Waals surface area contributed by atoms with Crippen molar-refractivity contribution in [2.24, 2.45) is 5.73 Å². The van der Waals surface area contributed by atoms with Crippen LogP contribution in [0, 0.1) is 0 Å². The Kier molecular flexibility index (Phi) is 17.8. The molecule has 0 bridgehead atoms. The minimum Gasteiger partial charge on any atom is -0.480 e. The van der Waals surface area contributed by atoms with Crippen LogP contribution in [0.1, 0.15) is 77.6 Å². The zero-order valence-electron chi connectivity index (χ0n) is 12.3. The van der Waals surface area contributed by atoms with Gasteiger partial charge in [-0.25, -0.2) is 0 Å². The topological polar surface area (TPSA) is 63.3 Å². The van der Waals surface area contributed by atoms with E-state index in [2.05, 4.69) is 6.92 Å². The zero-order chi connectivity index (χ0) is 12.9. The number of aliphatic carboxylic acids is 1. The molecule has 0 spiro atoms. The number of carboxylic acid groups (broad SMARTS) is 1. The van der Waals surface area contributed by atoms with Crippen LogP contribution in [0.15, 0.2) is 0 Å². The van der Waals surface area contributed by atoms with Gasteiger partial charge in [-0.2, -0.15) is 0 Å². The van der Waals surface area contributed by atoms with E-state index in [-0.39, 0.29) is 29.6 Å². The van der Waals surface area contributed by atoms with Gasteiger partial charge in [-0.3, -0.25) is 4.79 Å². The van der Waals surface area contributed by atoms with Crippen LogP contribution in [-0.4, -0.2) is 46.7 Å². The van der Waals surface area contributed by atoms with Crippen LogP contribution >= 0.6 is 0 Å². The number of carbonyl (C=O) groups is 1. The maximum absolute atomic E-state index is 10.5. The van der Waals surface area contributed by atoms with E-state index in [1.54, 1.807) is 0 Å². The first-order valence-corrected chi connectivity index (χ1v) is 7.17. The molecule has 4 heteroatoms. The summed E-state index contributed by atoms with van der Waals surface area (Å²) in [4.78, 5) is 10.5. The molecule has 0 saturated carbocycles. The van der Waals surface area contributed by atoms with Crippen molar-refractivity contribution < 1.29 is 9.90 Å². The van der Waals surface area contributed by atoms with Crippen molar-refractivity contribution in [3.63, 3.8) is 0 Å². The number of carboxylic acids is 1. The van der Waals surface area contributed by atoms with Gasteiger partial charge >= 0.3 is 5.97 Å². The van der Waals surface area contributed by atoms with Gasteiger partial charge < -0.3 is 10.8 Å². The minimum absolute atomic E-state index is 0. The molecule has 0 aromatic rings. The van der Waals surface area contributed by atoms with E-state index in [9.17, 15) is 4.79 Å². The fraction of sp³-hybridized carbons (Fsp3) is 0.929. The number of hydrogen-bond acceptors (Lipinski definition) is 2. The quantitative estimate of drug-likeness (QED) is 0.420. The van der Waals surface area contributed by atoms with Gasteiger partial charge in [0, 0.05) is 29.6 Å². The van der Waals surface area contributed by atoms with Crippen molar-refractivity contribution in [2.75, 3.05) is 0 Å². The summed E-state index contributed by atoms with van der Waals surface area (Å²) in [7, 11) is 0. The second kappa shape index (κ2) is 15.5. The van der Waals surface area contributed by atoms with E-state index in [0.717, 1.165) is 12.8 Å². The van der Waals surface area contributed by atoms with Crippen LogP contribution in [0.5, 0.6) is 0 Å². The van der Waals surface area contributed by atoms with Crippen molar-refractivity contribution in [2.45, 2.75) is 83.6 Å². The summed E-state index contributed by atoms with van der Waals surface area (Å²) in [6, 6.07) is -0.663. The fourth-order valence-electron chi connectivity index (χ4n) is 1.98. The molecule has 0 aromatic carbocycles. The Hall–Kier alpha value is 0.430.